The Morgan fingerprint density at radius 2 is 2.10 bits per heavy atom. The number of benzene rings is 2. The minimum Gasteiger partial charge on any atom is -0.399 e. The van der Waals surface area contributed by atoms with Crippen molar-refractivity contribution in [3.63, 3.8) is 0 Å². The SMILES string of the molecule is Cc1c(Br)cccc1C(=O)N1CCc2ccc(N)cc21. The van der Waals surface area contributed by atoms with Crippen LogP contribution in [0.25, 0.3) is 0 Å². The molecule has 1 heterocycles. The summed E-state index contributed by atoms with van der Waals surface area (Å²) >= 11 is 3.48. The summed E-state index contributed by atoms with van der Waals surface area (Å²) in [4.78, 5) is 14.6. The van der Waals surface area contributed by atoms with Gasteiger partial charge >= 0.3 is 0 Å². The lowest BCUT2D eigenvalue weighted by Crippen LogP contribution is -2.29. The number of rotatable bonds is 1. The maximum absolute atomic E-state index is 12.8. The molecule has 1 aliphatic rings. The van der Waals surface area contributed by atoms with Gasteiger partial charge in [-0.05, 0) is 48.7 Å². The van der Waals surface area contributed by atoms with Gasteiger partial charge in [-0.15, -0.1) is 0 Å². The zero-order valence-corrected chi connectivity index (χ0v) is 12.8. The Balaban J connectivity index is 2.02. The van der Waals surface area contributed by atoms with Crippen LogP contribution in [0.4, 0.5) is 11.4 Å². The van der Waals surface area contributed by atoms with Gasteiger partial charge in [-0.3, -0.25) is 4.79 Å². The van der Waals surface area contributed by atoms with Gasteiger partial charge in [0.2, 0.25) is 0 Å². The number of carbonyl (C=O) groups is 1. The third kappa shape index (κ3) is 2.10. The van der Waals surface area contributed by atoms with Crippen LogP contribution in [0.3, 0.4) is 0 Å². The number of fused-ring (bicyclic) bond motifs is 1. The topological polar surface area (TPSA) is 46.3 Å². The highest BCUT2D eigenvalue weighted by molar-refractivity contribution is 9.10. The third-order valence-electron chi connectivity index (χ3n) is 3.75. The van der Waals surface area contributed by atoms with Crippen LogP contribution in [0.5, 0.6) is 0 Å². The Kier molecular flexibility index (Phi) is 3.26. The standard InChI is InChI=1S/C16H15BrN2O/c1-10-13(3-2-4-14(10)17)16(20)19-8-7-11-5-6-12(18)9-15(11)19/h2-6,9H,7-8,18H2,1H3. The molecule has 0 aliphatic carbocycles. The predicted octanol–water partition coefficient (Wildman–Crippen LogP) is 3.54. The number of hydrogen-bond acceptors (Lipinski definition) is 2. The molecule has 0 spiro atoms. The summed E-state index contributed by atoms with van der Waals surface area (Å²) in [5, 5.41) is 0. The molecule has 2 aromatic carbocycles. The summed E-state index contributed by atoms with van der Waals surface area (Å²) in [6.45, 7) is 2.66. The summed E-state index contributed by atoms with van der Waals surface area (Å²) < 4.78 is 0.954. The Labute approximate surface area is 126 Å². The first-order chi connectivity index (χ1) is 9.58. The molecule has 4 heteroatoms. The minimum atomic E-state index is 0.0353. The minimum absolute atomic E-state index is 0.0353. The Morgan fingerprint density at radius 3 is 2.90 bits per heavy atom. The number of amides is 1. The van der Waals surface area contributed by atoms with Crippen molar-refractivity contribution in [3.8, 4) is 0 Å². The van der Waals surface area contributed by atoms with Crippen LogP contribution in [0.2, 0.25) is 0 Å². The lowest BCUT2D eigenvalue weighted by molar-refractivity contribution is 0.0989. The molecule has 3 nitrogen and oxygen atoms in total. The number of nitrogens with zero attached hydrogens (tertiary/aromatic N) is 1. The maximum atomic E-state index is 12.8. The number of halogens is 1. The molecule has 1 amide bonds. The van der Waals surface area contributed by atoms with Gasteiger partial charge in [0, 0.05) is 28.0 Å². The molecule has 1 aliphatic heterocycles. The van der Waals surface area contributed by atoms with Crippen LogP contribution >= 0.6 is 15.9 Å². The van der Waals surface area contributed by atoms with Gasteiger partial charge in [0.15, 0.2) is 0 Å². The van der Waals surface area contributed by atoms with E-state index in [-0.39, 0.29) is 5.91 Å². The Bertz CT molecular complexity index is 697. The molecule has 0 fully saturated rings. The first-order valence-electron chi connectivity index (χ1n) is 6.53. The lowest BCUT2D eigenvalue weighted by Gasteiger charge is -2.19. The number of anilines is 2. The van der Waals surface area contributed by atoms with Crippen LogP contribution in [0.1, 0.15) is 21.5 Å². The van der Waals surface area contributed by atoms with Gasteiger partial charge in [-0.2, -0.15) is 0 Å². The van der Waals surface area contributed by atoms with Gasteiger partial charge in [0.05, 0.1) is 0 Å². The van der Waals surface area contributed by atoms with Crippen molar-refractivity contribution in [3.05, 3.63) is 57.6 Å². The highest BCUT2D eigenvalue weighted by Crippen LogP contribution is 2.32. The van der Waals surface area contributed by atoms with Gasteiger partial charge in [-0.1, -0.05) is 28.1 Å². The number of carbonyl (C=O) groups excluding carboxylic acids is 1. The quantitative estimate of drug-likeness (QED) is 0.813. The van der Waals surface area contributed by atoms with Crippen LogP contribution in [0.15, 0.2) is 40.9 Å². The molecule has 20 heavy (non-hydrogen) atoms. The molecule has 0 saturated carbocycles. The van der Waals surface area contributed by atoms with Crippen LogP contribution < -0.4 is 10.6 Å². The molecule has 0 aromatic heterocycles. The largest absolute Gasteiger partial charge is 0.399 e. The predicted molar refractivity (Wildman–Crippen MR) is 85.1 cm³/mol. The van der Waals surface area contributed by atoms with E-state index < -0.39 is 0 Å². The van der Waals surface area contributed by atoms with E-state index in [1.165, 1.54) is 5.56 Å². The fourth-order valence-electron chi connectivity index (χ4n) is 2.59. The monoisotopic (exact) mass is 330 g/mol. The van der Waals surface area contributed by atoms with Gasteiger partial charge in [0.25, 0.3) is 5.91 Å². The van der Waals surface area contributed by atoms with E-state index >= 15 is 0 Å². The summed E-state index contributed by atoms with van der Waals surface area (Å²) in [6.07, 6.45) is 0.883. The molecular weight excluding hydrogens is 316 g/mol. The molecule has 3 rings (SSSR count). The van der Waals surface area contributed by atoms with E-state index in [2.05, 4.69) is 15.9 Å². The fourth-order valence-corrected chi connectivity index (χ4v) is 2.96. The van der Waals surface area contributed by atoms with Crippen molar-refractivity contribution in [2.24, 2.45) is 0 Å². The number of hydrogen-bond donors (Lipinski definition) is 1. The molecule has 0 radical (unpaired) electrons. The lowest BCUT2D eigenvalue weighted by atomic mass is 10.1. The summed E-state index contributed by atoms with van der Waals surface area (Å²) in [5.41, 5.74) is 10.3. The maximum Gasteiger partial charge on any atom is 0.258 e. The van der Waals surface area contributed by atoms with E-state index in [0.717, 1.165) is 27.7 Å². The number of nitrogens with two attached hydrogens (primary N) is 1. The molecule has 0 bridgehead atoms. The zero-order valence-electron chi connectivity index (χ0n) is 11.2. The molecule has 2 N–H and O–H groups in total. The highest BCUT2D eigenvalue weighted by atomic mass is 79.9. The Morgan fingerprint density at radius 1 is 1.30 bits per heavy atom. The van der Waals surface area contributed by atoms with E-state index in [9.17, 15) is 4.79 Å². The van der Waals surface area contributed by atoms with E-state index in [0.29, 0.717) is 12.2 Å². The molecular formula is C16H15BrN2O. The van der Waals surface area contributed by atoms with Gasteiger partial charge in [0.1, 0.15) is 0 Å². The van der Waals surface area contributed by atoms with Crippen LogP contribution in [0, 0.1) is 6.92 Å². The van der Waals surface area contributed by atoms with Crippen LogP contribution in [-0.2, 0) is 6.42 Å². The van der Waals surface area contributed by atoms with E-state index in [1.54, 1.807) is 0 Å². The Hall–Kier alpha value is -1.81. The third-order valence-corrected chi connectivity index (χ3v) is 4.61. The van der Waals surface area contributed by atoms with Crippen LogP contribution in [-0.4, -0.2) is 12.5 Å². The van der Waals surface area contributed by atoms with E-state index in [4.69, 9.17) is 5.73 Å². The van der Waals surface area contributed by atoms with Crippen molar-refractivity contribution in [1.82, 2.24) is 0 Å². The molecule has 102 valence electrons. The summed E-state index contributed by atoms with van der Waals surface area (Å²) in [7, 11) is 0. The van der Waals surface area contributed by atoms with Crippen molar-refractivity contribution < 1.29 is 4.79 Å². The van der Waals surface area contributed by atoms with Gasteiger partial charge in [-0.25, -0.2) is 0 Å². The highest BCUT2D eigenvalue weighted by Gasteiger charge is 2.26. The average molecular weight is 331 g/mol. The number of nitrogen functional groups attached to an aromatic ring is 1. The second kappa shape index (κ2) is 4.94. The average Bonchev–Trinajstić information content (AvgIpc) is 2.84. The normalized spacial score (nSPS) is 13.4. The van der Waals surface area contributed by atoms with E-state index in [1.807, 2.05) is 48.2 Å². The van der Waals surface area contributed by atoms with Crippen molar-refractivity contribution >= 4 is 33.2 Å². The van der Waals surface area contributed by atoms with Crippen molar-refractivity contribution in [2.45, 2.75) is 13.3 Å². The first-order valence-corrected chi connectivity index (χ1v) is 7.32. The summed E-state index contributed by atoms with van der Waals surface area (Å²) in [5.74, 6) is 0.0353. The second-order valence-corrected chi connectivity index (χ2v) is 5.86. The molecule has 2 aromatic rings. The molecule has 0 saturated heterocycles. The van der Waals surface area contributed by atoms with Gasteiger partial charge < -0.3 is 10.6 Å². The fraction of sp³-hybridized carbons (Fsp3) is 0.188. The smallest absolute Gasteiger partial charge is 0.258 e. The molecule has 0 atom stereocenters. The van der Waals surface area contributed by atoms with Crippen molar-refractivity contribution in [1.29, 1.82) is 0 Å². The van der Waals surface area contributed by atoms with Crippen molar-refractivity contribution in [2.75, 3.05) is 17.2 Å². The zero-order chi connectivity index (χ0) is 14.3. The second-order valence-electron chi connectivity index (χ2n) is 5.01. The first kappa shape index (κ1) is 13.2. The summed E-state index contributed by atoms with van der Waals surface area (Å²) in [6, 6.07) is 11.5. The molecule has 0 unspecified atom stereocenters.